The molecule has 3 heteroatoms. The van der Waals surface area contributed by atoms with E-state index in [4.69, 9.17) is 0 Å². The molecule has 0 aromatic carbocycles. The first-order valence-electron chi connectivity index (χ1n) is 8.84. The summed E-state index contributed by atoms with van der Waals surface area (Å²) < 4.78 is 4.38. The van der Waals surface area contributed by atoms with Crippen LogP contribution in [0.3, 0.4) is 0 Å². The summed E-state index contributed by atoms with van der Waals surface area (Å²) in [5.41, 5.74) is 3.03. The minimum Gasteiger partial charge on any atom is -0.208 e. The molecule has 0 saturated heterocycles. The van der Waals surface area contributed by atoms with E-state index in [1.54, 1.807) is 0 Å². The summed E-state index contributed by atoms with van der Waals surface area (Å²) in [5.74, 6) is 0.715. The van der Waals surface area contributed by atoms with Gasteiger partial charge in [0.1, 0.15) is 7.05 Å². The molecule has 2 nitrogen and oxygen atoms in total. The zero-order chi connectivity index (χ0) is 16.9. The molecule has 0 spiro atoms. The van der Waals surface area contributed by atoms with Gasteiger partial charge in [-0.25, -0.2) is 9.13 Å². The first-order chi connectivity index (χ1) is 10.9. The third-order valence-electron chi connectivity index (χ3n) is 5.00. The molecule has 1 unspecified atom stereocenters. The number of rotatable bonds is 7. The Balaban J connectivity index is -0.000000576. The molecule has 1 atom stereocenters. The van der Waals surface area contributed by atoms with Crippen molar-refractivity contribution < 1.29 is 41.8 Å². The number of nitrogens with zero attached hydrogens (tertiary/aromatic N) is 2. The van der Waals surface area contributed by atoms with E-state index in [1.807, 2.05) is 7.05 Å². The second kappa shape index (κ2) is 16.2. The molecular weight excluding hydrogens is 417 g/mol. The van der Waals surface area contributed by atoms with Crippen molar-refractivity contribution in [2.45, 2.75) is 83.2 Å². The predicted molar refractivity (Wildman–Crippen MR) is 123 cm³/mol. The van der Waals surface area contributed by atoms with Crippen LogP contribution in [0.5, 0.6) is 0 Å². The topological polar surface area (TPSA) is 7.76 Å². The van der Waals surface area contributed by atoms with Gasteiger partial charge in [-0.05, 0) is 29.4 Å². The second-order valence-electron chi connectivity index (χ2n) is 7.70. The van der Waals surface area contributed by atoms with Crippen LogP contribution < -0.4 is 9.13 Å². The second-order valence-corrected chi connectivity index (χ2v) is 7.70. The van der Waals surface area contributed by atoms with E-state index in [0.717, 1.165) is 6.54 Å². The van der Waals surface area contributed by atoms with Crippen LogP contribution in [0.2, 0.25) is 0 Å². The molecular formula is C25H48N2Y+2. The largest absolute Gasteiger partial charge is 0.208 e. The third-order valence-corrected chi connectivity index (χ3v) is 5.00. The van der Waals surface area contributed by atoms with Crippen molar-refractivity contribution in [2.24, 2.45) is 18.4 Å². The van der Waals surface area contributed by atoms with E-state index in [-0.39, 0.29) is 62.4 Å². The van der Waals surface area contributed by atoms with Gasteiger partial charge in [0.25, 0.3) is 0 Å². The molecule has 159 valence electrons. The maximum Gasteiger partial charge on any atom is 0.169 e. The van der Waals surface area contributed by atoms with Crippen LogP contribution in [0, 0.1) is 11.3 Å². The van der Waals surface area contributed by atoms with E-state index < -0.39 is 0 Å². The maximum atomic E-state index is 2.38. The zero-order valence-corrected chi connectivity index (χ0v) is 18.8. The normalized spacial score (nSPS) is 10.8. The van der Waals surface area contributed by atoms with E-state index in [9.17, 15) is 0 Å². The van der Waals surface area contributed by atoms with Gasteiger partial charge in [0.2, 0.25) is 0 Å². The molecule has 28 heavy (non-hydrogen) atoms. The Kier molecular flexibility index (Phi) is 20.2. The zero-order valence-electron chi connectivity index (χ0n) is 16.0. The summed E-state index contributed by atoms with van der Waals surface area (Å²) in [4.78, 5) is 0. The Labute approximate surface area is 202 Å². The Morgan fingerprint density at radius 3 is 1.71 bits per heavy atom. The minimum atomic E-state index is 0. The summed E-state index contributed by atoms with van der Waals surface area (Å²) in [5, 5.41) is 0. The van der Waals surface area contributed by atoms with E-state index >= 15 is 0 Å². The fourth-order valence-electron chi connectivity index (χ4n) is 2.73. The molecule has 2 rings (SSSR count). The van der Waals surface area contributed by atoms with Crippen LogP contribution in [0.1, 0.15) is 76.7 Å². The van der Waals surface area contributed by atoms with Crippen molar-refractivity contribution in [1.29, 1.82) is 0 Å². The molecule has 0 fully saturated rings. The molecule has 0 aliphatic heterocycles. The Bertz CT molecular complexity index is 603. The maximum absolute atomic E-state index is 2.38. The van der Waals surface area contributed by atoms with Crippen molar-refractivity contribution >= 4 is 0 Å². The van der Waals surface area contributed by atoms with Crippen LogP contribution in [0.25, 0.3) is 11.1 Å². The summed E-state index contributed by atoms with van der Waals surface area (Å²) >= 11 is 0. The van der Waals surface area contributed by atoms with Gasteiger partial charge < -0.3 is 0 Å². The van der Waals surface area contributed by atoms with Crippen molar-refractivity contribution in [3.63, 3.8) is 0 Å². The van der Waals surface area contributed by atoms with Gasteiger partial charge in [-0.1, -0.05) is 63.8 Å². The molecule has 0 aliphatic rings. The van der Waals surface area contributed by atoms with E-state index in [0.29, 0.717) is 11.3 Å². The Morgan fingerprint density at radius 2 is 1.29 bits per heavy atom. The molecule has 2 heterocycles. The molecule has 2 aromatic rings. The van der Waals surface area contributed by atoms with Crippen LogP contribution in [0.15, 0.2) is 49.1 Å². The Hall–Kier alpha value is -0.596. The number of pyridine rings is 2. The molecule has 2 aromatic heterocycles. The number of hydrogen-bond acceptors (Lipinski definition) is 0. The summed E-state index contributed by atoms with van der Waals surface area (Å²) in [6.07, 6.45) is 12.5. The first-order valence-corrected chi connectivity index (χ1v) is 8.84. The van der Waals surface area contributed by atoms with Crippen molar-refractivity contribution in [3.05, 3.63) is 49.1 Å². The summed E-state index contributed by atoms with van der Waals surface area (Å²) in [7, 11) is 2.05. The van der Waals surface area contributed by atoms with Crippen LogP contribution in [0.4, 0.5) is 0 Å². The monoisotopic (exact) mass is 465 g/mol. The van der Waals surface area contributed by atoms with Crippen molar-refractivity contribution in [2.75, 3.05) is 0 Å². The smallest absolute Gasteiger partial charge is 0.169 e. The number of aryl methyl sites for hydroxylation is 1. The van der Waals surface area contributed by atoms with Gasteiger partial charge in [-0.3, -0.25) is 0 Å². The fourth-order valence-corrected chi connectivity index (χ4v) is 2.73. The third kappa shape index (κ3) is 11.4. The van der Waals surface area contributed by atoms with Crippen LogP contribution in [-0.4, -0.2) is 0 Å². The Morgan fingerprint density at radius 1 is 0.857 bits per heavy atom. The average molecular weight is 466 g/mol. The van der Waals surface area contributed by atoms with Crippen molar-refractivity contribution in [3.8, 4) is 11.1 Å². The quantitative estimate of drug-likeness (QED) is 0.395. The van der Waals surface area contributed by atoms with Gasteiger partial charge in [0, 0.05) is 62.9 Å². The first kappa shape index (κ1) is 34.9. The molecule has 0 N–H and O–H groups in total. The van der Waals surface area contributed by atoms with Crippen molar-refractivity contribution in [1.82, 2.24) is 0 Å². The minimum absolute atomic E-state index is 0. The summed E-state index contributed by atoms with van der Waals surface area (Å²) in [6, 6.07) is 8.76. The van der Waals surface area contributed by atoms with E-state index in [1.165, 1.54) is 30.4 Å². The average Bonchev–Trinajstić information content (AvgIpc) is 2.55. The molecule has 0 amide bonds. The predicted octanol–water partition coefficient (Wildman–Crippen LogP) is 6.86. The van der Waals surface area contributed by atoms with Gasteiger partial charge >= 0.3 is 0 Å². The number of aromatic nitrogens is 2. The fraction of sp³-hybridized carbons (Fsp3) is 0.600. The molecule has 1 radical (unpaired) electrons. The van der Waals surface area contributed by atoms with Crippen LogP contribution in [-0.2, 0) is 46.3 Å². The molecule has 0 saturated carbocycles. The van der Waals surface area contributed by atoms with Gasteiger partial charge in [-0.2, -0.15) is 0 Å². The van der Waals surface area contributed by atoms with E-state index in [2.05, 4.69) is 85.9 Å². The van der Waals surface area contributed by atoms with Gasteiger partial charge in [0.15, 0.2) is 31.3 Å². The molecule has 0 bridgehead atoms. The standard InChI is InChI=1S/C21H32N2.4CH4.Y/c1-6-21(3,4)12-7-18(2)17-23-15-10-20(11-16-23)19-8-13-22(5)14-9-19;;;;;/h8-11,13-16,18H,6-7,12,17H2,1-5H3;4*1H4;/q+2;;;;;. The van der Waals surface area contributed by atoms with Crippen LogP contribution >= 0.6 is 0 Å². The van der Waals surface area contributed by atoms with Gasteiger partial charge in [0.05, 0.1) is 0 Å². The summed E-state index contributed by atoms with van der Waals surface area (Å²) in [6.45, 7) is 10.5. The SMILES string of the molecule is C.C.C.C.CCC(C)(C)CCC(C)C[n+]1ccc(-c2cc[n+](C)cc2)cc1.[Y]. The number of hydrogen-bond donors (Lipinski definition) is 0. The van der Waals surface area contributed by atoms with Gasteiger partial charge in [-0.15, -0.1) is 0 Å². The molecule has 0 aliphatic carbocycles.